The highest BCUT2D eigenvalue weighted by Crippen LogP contribution is 2.38. The SMILES string of the molecule is c1ccc(-c2nc(-c3cccc4c(-c5ccccc5)cccc34)nc(-c3cccc4oc5ccccc5c34)n2)cc1. The van der Waals surface area contributed by atoms with Crippen molar-refractivity contribution in [2.24, 2.45) is 0 Å². The number of benzene rings is 6. The fourth-order valence-corrected chi connectivity index (χ4v) is 5.67. The average molecular weight is 526 g/mol. The molecule has 41 heavy (non-hydrogen) atoms. The molecule has 6 aromatic carbocycles. The number of rotatable bonds is 4. The topological polar surface area (TPSA) is 51.8 Å². The Hall–Kier alpha value is -5.61. The van der Waals surface area contributed by atoms with Gasteiger partial charge in [-0.15, -0.1) is 0 Å². The number of nitrogens with zero attached hydrogens (tertiary/aromatic N) is 3. The normalized spacial score (nSPS) is 11.4. The van der Waals surface area contributed by atoms with E-state index in [0.29, 0.717) is 17.5 Å². The standard InChI is InChI=1S/C37H23N3O/c1-3-12-24(13-4-1)26-17-9-19-28-27(26)18-10-20-29(28)36-38-35(25-14-5-2-6-15-25)39-37(40-36)31-21-11-23-33-34(31)30-16-7-8-22-32(30)41-33/h1-23H. The van der Waals surface area contributed by atoms with Crippen LogP contribution in [-0.4, -0.2) is 15.0 Å². The number of fused-ring (bicyclic) bond motifs is 4. The zero-order valence-corrected chi connectivity index (χ0v) is 22.0. The van der Waals surface area contributed by atoms with Crippen molar-refractivity contribution in [3.05, 3.63) is 140 Å². The molecule has 0 aliphatic rings. The van der Waals surface area contributed by atoms with E-state index in [2.05, 4.69) is 72.8 Å². The van der Waals surface area contributed by atoms with Crippen LogP contribution >= 0.6 is 0 Å². The molecule has 4 nitrogen and oxygen atoms in total. The van der Waals surface area contributed by atoms with Crippen LogP contribution in [0.4, 0.5) is 0 Å². The Morgan fingerprint density at radius 2 is 0.854 bits per heavy atom. The van der Waals surface area contributed by atoms with Crippen molar-refractivity contribution in [2.75, 3.05) is 0 Å². The Kier molecular flexibility index (Phi) is 5.42. The first-order valence-electron chi connectivity index (χ1n) is 13.6. The second kappa shape index (κ2) is 9.54. The van der Waals surface area contributed by atoms with Gasteiger partial charge in [0.15, 0.2) is 17.5 Å². The summed E-state index contributed by atoms with van der Waals surface area (Å²) in [6.45, 7) is 0. The maximum Gasteiger partial charge on any atom is 0.164 e. The van der Waals surface area contributed by atoms with Crippen LogP contribution in [0, 0.1) is 0 Å². The first kappa shape index (κ1) is 23.3. The highest BCUT2D eigenvalue weighted by Gasteiger charge is 2.18. The van der Waals surface area contributed by atoms with E-state index in [0.717, 1.165) is 49.4 Å². The minimum atomic E-state index is 0.613. The molecule has 0 radical (unpaired) electrons. The molecular weight excluding hydrogens is 502 g/mol. The smallest absolute Gasteiger partial charge is 0.164 e. The third-order valence-electron chi connectivity index (χ3n) is 7.56. The molecule has 0 N–H and O–H groups in total. The summed E-state index contributed by atoms with van der Waals surface area (Å²) in [5.74, 6) is 1.88. The summed E-state index contributed by atoms with van der Waals surface area (Å²) in [6.07, 6.45) is 0. The van der Waals surface area contributed by atoms with Crippen LogP contribution in [-0.2, 0) is 0 Å². The monoisotopic (exact) mass is 525 g/mol. The predicted molar refractivity (Wildman–Crippen MR) is 166 cm³/mol. The van der Waals surface area contributed by atoms with Gasteiger partial charge >= 0.3 is 0 Å². The molecule has 0 fully saturated rings. The summed E-state index contributed by atoms with van der Waals surface area (Å²) in [6, 6.07) is 47.5. The molecule has 0 saturated carbocycles. The van der Waals surface area contributed by atoms with E-state index in [1.165, 1.54) is 11.1 Å². The molecule has 0 aliphatic carbocycles. The van der Waals surface area contributed by atoms with Gasteiger partial charge in [-0.3, -0.25) is 0 Å². The molecule has 2 aromatic heterocycles. The van der Waals surface area contributed by atoms with Crippen molar-refractivity contribution < 1.29 is 4.42 Å². The van der Waals surface area contributed by atoms with Gasteiger partial charge < -0.3 is 4.42 Å². The van der Waals surface area contributed by atoms with Crippen LogP contribution in [0.2, 0.25) is 0 Å². The fourth-order valence-electron chi connectivity index (χ4n) is 5.67. The van der Waals surface area contributed by atoms with E-state index >= 15 is 0 Å². The van der Waals surface area contributed by atoms with Gasteiger partial charge in [-0.1, -0.05) is 127 Å². The highest BCUT2D eigenvalue weighted by molar-refractivity contribution is 6.12. The third kappa shape index (κ3) is 3.97. The summed E-state index contributed by atoms with van der Waals surface area (Å²) in [5, 5.41) is 4.29. The number of aromatic nitrogens is 3. The second-order valence-electron chi connectivity index (χ2n) is 10.0. The molecule has 0 saturated heterocycles. The molecule has 0 atom stereocenters. The van der Waals surface area contributed by atoms with Gasteiger partial charge in [0.05, 0.1) is 0 Å². The lowest BCUT2D eigenvalue weighted by molar-refractivity contribution is 0.669. The van der Waals surface area contributed by atoms with Crippen LogP contribution < -0.4 is 0 Å². The molecular formula is C37H23N3O. The number of para-hydroxylation sites is 1. The van der Waals surface area contributed by atoms with E-state index in [4.69, 9.17) is 19.4 Å². The average Bonchev–Trinajstić information content (AvgIpc) is 3.44. The Balaban J connectivity index is 1.41. The molecule has 2 heterocycles. The number of hydrogen-bond acceptors (Lipinski definition) is 4. The molecule has 0 amide bonds. The lowest BCUT2D eigenvalue weighted by Crippen LogP contribution is -2.01. The number of hydrogen-bond donors (Lipinski definition) is 0. The molecule has 0 spiro atoms. The largest absolute Gasteiger partial charge is 0.456 e. The van der Waals surface area contributed by atoms with Crippen LogP contribution in [0.5, 0.6) is 0 Å². The van der Waals surface area contributed by atoms with Crippen LogP contribution in [0.25, 0.3) is 78.0 Å². The van der Waals surface area contributed by atoms with Gasteiger partial charge in [-0.25, -0.2) is 15.0 Å². The van der Waals surface area contributed by atoms with E-state index < -0.39 is 0 Å². The Morgan fingerprint density at radius 1 is 0.341 bits per heavy atom. The van der Waals surface area contributed by atoms with Gasteiger partial charge in [0, 0.05) is 27.5 Å². The summed E-state index contributed by atoms with van der Waals surface area (Å²) in [4.78, 5) is 15.2. The zero-order valence-electron chi connectivity index (χ0n) is 22.0. The van der Waals surface area contributed by atoms with Crippen molar-refractivity contribution in [1.82, 2.24) is 15.0 Å². The predicted octanol–water partition coefficient (Wildman–Crippen LogP) is 9.59. The molecule has 0 unspecified atom stereocenters. The van der Waals surface area contributed by atoms with Crippen LogP contribution in [0.1, 0.15) is 0 Å². The zero-order chi connectivity index (χ0) is 27.2. The number of furan rings is 1. The van der Waals surface area contributed by atoms with E-state index in [1.807, 2.05) is 66.7 Å². The first-order chi connectivity index (χ1) is 20.3. The lowest BCUT2D eigenvalue weighted by Gasteiger charge is -2.12. The van der Waals surface area contributed by atoms with Gasteiger partial charge in [0.1, 0.15) is 11.2 Å². The minimum absolute atomic E-state index is 0.613. The van der Waals surface area contributed by atoms with Crippen molar-refractivity contribution in [2.45, 2.75) is 0 Å². The van der Waals surface area contributed by atoms with Crippen molar-refractivity contribution in [1.29, 1.82) is 0 Å². The highest BCUT2D eigenvalue weighted by atomic mass is 16.3. The molecule has 0 bridgehead atoms. The minimum Gasteiger partial charge on any atom is -0.456 e. The van der Waals surface area contributed by atoms with Crippen molar-refractivity contribution >= 4 is 32.7 Å². The van der Waals surface area contributed by atoms with Gasteiger partial charge in [-0.05, 0) is 34.0 Å². The maximum atomic E-state index is 6.19. The summed E-state index contributed by atoms with van der Waals surface area (Å²) in [5.41, 5.74) is 6.82. The van der Waals surface area contributed by atoms with E-state index in [1.54, 1.807) is 0 Å². The van der Waals surface area contributed by atoms with Gasteiger partial charge in [0.2, 0.25) is 0 Å². The van der Waals surface area contributed by atoms with Crippen LogP contribution in [0.15, 0.2) is 144 Å². The fraction of sp³-hybridized carbons (Fsp3) is 0. The quantitative estimate of drug-likeness (QED) is 0.230. The Morgan fingerprint density at radius 3 is 1.63 bits per heavy atom. The van der Waals surface area contributed by atoms with Crippen LogP contribution in [0.3, 0.4) is 0 Å². The van der Waals surface area contributed by atoms with Crippen molar-refractivity contribution in [3.8, 4) is 45.3 Å². The van der Waals surface area contributed by atoms with Crippen molar-refractivity contribution in [3.63, 3.8) is 0 Å². The maximum absolute atomic E-state index is 6.19. The van der Waals surface area contributed by atoms with Gasteiger partial charge in [0.25, 0.3) is 0 Å². The molecule has 4 heteroatoms. The summed E-state index contributed by atoms with van der Waals surface area (Å²) in [7, 11) is 0. The van der Waals surface area contributed by atoms with E-state index in [-0.39, 0.29) is 0 Å². The summed E-state index contributed by atoms with van der Waals surface area (Å²) < 4.78 is 6.19. The Labute approximate surface area is 236 Å². The first-order valence-corrected chi connectivity index (χ1v) is 13.6. The molecule has 8 rings (SSSR count). The summed E-state index contributed by atoms with van der Waals surface area (Å²) >= 11 is 0. The van der Waals surface area contributed by atoms with Gasteiger partial charge in [-0.2, -0.15) is 0 Å². The second-order valence-corrected chi connectivity index (χ2v) is 10.0. The molecule has 0 aliphatic heterocycles. The third-order valence-corrected chi connectivity index (χ3v) is 7.56. The molecule has 8 aromatic rings. The lowest BCUT2D eigenvalue weighted by atomic mass is 9.95. The molecule has 192 valence electrons. The van der Waals surface area contributed by atoms with E-state index in [9.17, 15) is 0 Å². The Bertz CT molecular complexity index is 2200.